The van der Waals surface area contributed by atoms with Crippen molar-refractivity contribution in [1.82, 2.24) is 14.8 Å². The third kappa shape index (κ3) is 4.44. The highest BCUT2D eigenvalue weighted by Gasteiger charge is 2.50. The van der Waals surface area contributed by atoms with Crippen molar-refractivity contribution < 1.29 is 14.3 Å². The van der Waals surface area contributed by atoms with Gasteiger partial charge in [-0.2, -0.15) is 0 Å². The lowest BCUT2D eigenvalue weighted by atomic mass is 10.1. The van der Waals surface area contributed by atoms with Gasteiger partial charge in [0, 0.05) is 30.2 Å². The van der Waals surface area contributed by atoms with Crippen LogP contribution in [0.25, 0.3) is 10.9 Å². The molecule has 3 rings (SSSR count). The lowest BCUT2D eigenvalue weighted by Crippen LogP contribution is -2.54. The van der Waals surface area contributed by atoms with Crippen molar-refractivity contribution in [3.05, 3.63) is 30.5 Å². The quantitative estimate of drug-likeness (QED) is 0.672. The van der Waals surface area contributed by atoms with Crippen molar-refractivity contribution in [2.45, 2.75) is 58.3 Å². The third-order valence-electron chi connectivity index (χ3n) is 6.04. The molecule has 0 radical (unpaired) electrons. The summed E-state index contributed by atoms with van der Waals surface area (Å²) in [6.45, 7) is 8.15. The van der Waals surface area contributed by atoms with E-state index in [2.05, 4.69) is 17.2 Å². The number of hydrogen-bond acceptors (Lipinski definition) is 6. The number of anilines is 1. The number of carbonyl (C=O) groups is 2. The van der Waals surface area contributed by atoms with E-state index in [1.54, 1.807) is 30.0 Å². The maximum Gasteiger partial charge on any atom is 0.247 e. The number of fused-ring (bicyclic) bond motifs is 1. The molecule has 2 heterocycles. The van der Waals surface area contributed by atoms with Crippen molar-refractivity contribution in [1.29, 1.82) is 0 Å². The lowest BCUT2D eigenvalue weighted by Gasteiger charge is -2.38. The Bertz CT molecular complexity index is 961. The Morgan fingerprint density at radius 1 is 1.39 bits per heavy atom. The number of methoxy groups -OCH3 is 1. The fourth-order valence-electron chi connectivity index (χ4n) is 4.50. The van der Waals surface area contributed by atoms with Crippen LogP contribution in [0, 0.1) is 0 Å². The molecule has 168 valence electrons. The molecular formula is C23H33N5O3. The summed E-state index contributed by atoms with van der Waals surface area (Å²) >= 11 is 0. The number of hydrogen-bond donors (Lipinski definition) is 2. The number of benzene rings is 1. The molecule has 1 aromatic carbocycles. The molecule has 0 bridgehead atoms. The van der Waals surface area contributed by atoms with Crippen molar-refractivity contribution in [2.24, 2.45) is 5.73 Å². The Morgan fingerprint density at radius 2 is 2.13 bits per heavy atom. The first-order valence-corrected chi connectivity index (χ1v) is 10.7. The van der Waals surface area contributed by atoms with Crippen LogP contribution in [0.2, 0.25) is 0 Å². The van der Waals surface area contributed by atoms with Gasteiger partial charge in [-0.05, 0) is 52.7 Å². The molecule has 31 heavy (non-hydrogen) atoms. The van der Waals surface area contributed by atoms with Crippen molar-refractivity contribution in [2.75, 3.05) is 25.5 Å². The van der Waals surface area contributed by atoms with E-state index < -0.39 is 11.7 Å². The number of nitrogens with zero attached hydrogens (tertiary/aromatic N) is 3. The Kier molecular flexibility index (Phi) is 6.69. The zero-order chi connectivity index (χ0) is 22.8. The summed E-state index contributed by atoms with van der Waals surface area (Å²) in [5, 5.41) is 4.55. The van der Waals surface area contributed by atoms with E-state index >= 15 is 0 Å². The van der Waals surface area contributed by atoms with E-state index in [0.717, 1.165) is 35.2 Å². The maximum atomic E-state index is 12.8. The minimum absolute atomic E-state index is 0.0320. The summed E-state index contributed by atoms with van der Waals surface area (Å²) in [5.41, 5.74) is 6.70. The van der Waals surface area contributed by atoms with Crippen LogP contribution in [0.4, 0.5) is 5.69 Å². The highest BCUT2D eigenvalue weighted by Crippen LogP contribution is 2.32. The number of ether oxygens (including phenoxy) is 1. The van der Waals surface area contributed by atoms with Crippen LogP contribution in [0.5, 0.6) is 5.75 Å². The lowest BCUT2D eigenvalue weighted by molar-refractivity contribution is -0.137. The molecule has 2 atom stereocenters. The van der Waals surface area contributed by atoms with Crippen LogP contribution in [-0.4, -0.2) is 64.5 Å². The van der Waals surface area contributed by atoms with Gasteiger partial charge >= 0.3 is 0 Å². The number of aromatic nitrogens is 1. The van der Waals surface area contributed by atoms with Gasteiger partial charge in [0.1, 0.15) is 17.5 Å². The topological polar surface area (TPSA) is 101 Å². The van der Waals surface area contributed by atoms with Gasteiger partial charge in [-0.3, -0.25) is 14.6 Å². The predicted molar refractivity (Wildman–Crippen MR) is 122 cm³/mol. The molecule has 1 aliphatic heterocycles. The molecule has 1 fully saturated rings. The number of pyridine rings is 1. The molecule has 8 heteroatoms. The average Bonchev–Trinajstić information content (AvgIpc) is 2.91. The molecule has 0 saturated carbocycles. The normalized spacial score (nSPS) is 19.0. The van der Waals surface area contributed by atoms with Crippen LogP contribution in [-0.2, 0) is 9.59 Å². The Hall–Kier alpha value is -2.87. The maximum absolute atomic E-state index is 12.8. The zero-order valence-corrected chi connectivity index (χ0v) is 19.0. The van der Waals surface area contributed by atoms with E-state index in [1.165, 1.54) is 0 Å². The fraction of sp³-hybridized carbons (Fsp3) is 0.522. The van der Waals surface area contributed by atoms with Gasteiger partial charge in [0.25, 0.3) is 0 Å². The van der Waals surface area contributed by atoms with Gasteiger partial charge in [-0.1, -0.05) is 6.07 Å². The molecular weight excluding hydrogens is 394 g/mol. The predicted octanol–water partition coefficient (Wildman–Crippen LogP) is 2.58. The van der Waals surface area contributed by atoms with E-state index in [0.29, 0.717) is 6.54 Å². The second-order valence-corrected chi connectivity index (χ2v) is 8.57. The largest absolute Gasteiger partial charge is 0.497 e. The fourth-order valence-corrected chi connectivity index (χ4v) is 4.50. The molecule has 1 aromatic heterocycles. The summed E-state index contributed by atoms with van der Waals surface area (Å²) in [7, 11) is 1.65. The van der Waals surface area contributed by atoms with Crippen LogP contribution in [0.1, 0.15) is 40.5 Å². The number of nitrogens with one attached hydrogen (secondary N) is 1. The summed E-state index contributed by atoms with van der Waals surface area (Å²) in [6, 6.07) is 7.51. The van der Waals surface area contributed by atoms with Gasteiger partial charge in [-0.15, -0.1) is 0 Å². The van der Waals surface area contributed by atoms with Crippen LogP contribution in [0.15, 0.2) is 30.5 Å². The molecule has 1 saturated heterocycles. The van der Waals surface area contributed by atoms with E-state index in [-0.39, 0.29) is 24.4 Å². The van der Waals surface area contributed by atoms with Crippen LogP contribution in [0.3, 0.4) is 0 Å². The minimum atomic E-state index is -0.684. The number of nitrogens with two attached hydrogens (primary N) is 1. The summed E-state index contributed by atoms with van der Waals surface area (Å²) in [6.07, 6.45) is 3.43. The molecule has 0 aliphatic carbocycles. The SMILES string of the molecule is COc1cc(NC(C)CCCN2C(=O)C(C)N(C(=O)CN)C2(C)C)c2ncccc2c1. The first-order chi connectivity index (χ1) is 14.7. The highest BCUT2D eigenvalue weighted by molar-refractivity contribution is 5.93. The number of amides is 2. The molecule has 8 nitrogen and oxygen atoms in total. The second kappa shape index (κ2) is 9.09. The average molecular weight is 428 g/mol. The van der Waals surface area contributed by atoms with Crippen LogP contribution >= 0.6 is 0 Å². The first kappa shape index (κ1) is 22.8. The summed E-state index contributed by atoms with van der Waals surface area (Å²) < 4.78 is 5.42. The Balaban J connectivity index is 1.65. The summed E-state index contributed by atoms with van der Waals surface area (Å²) in [4.78, 5) is 33.0. The van der Waals surface area contributed by atoms with Gasteiger partial charge in [0.15, 0.2) is 0 Å². The van der Waals surface area contributed by atoms with Crippen molar-refractivity contribution in [3.8, 4) is 5.75 Å². The monoisotopic (exact) mass is 427 g/mol. The summed E-state index contributed by atoms with van der Waals surface area (Å²) in [5.74, 6) is 0.537. The van der Waals surface area contributed by atoms with Crippen LogP contribution < -0.4 is 15.8 Å². The molecule has 3 N–H and O–H groups in total. The number of carbonyl (C=O) groups excluding carboxylic acids is 2. The van der Waals surface area contributed by atoms with Crippen molar-refractivity contribution >= 4 is 28.4 Å². The standard InChI is InChI=1S/C23H33N5O3/c1-15(26-19-13-18(31-5)12-17-9-6-10-25-21(17)19)8-7-11-27-22(30)16(2)28(20(29)14-24)23(27,3)4/h6,9-10,12-13,15-16,26H,7-8,11,14,24H2,1-5H3. The molecule has 2 aromatic rings. The minimum Gasteiger partial charge on any atom is -0.497 e. The molecule has 2 unspecified atom stereocenters. The van der Waals surface area contributed by atoms with E-state index in [4.69, 9.17) is 10.5 Å². The molecule has 1 aliphatic rings. The third-order valence-corrected chi connectivity index (χ3v) is 6.04. The van der Waals surface area contributed by atoms with Gasteiger partial charge < -0.3 is 25.6 Å². The van der Waals surface area contributed by atoms with Gasteiger partial charge in [0.05, 0.1) is 24.9 Å². The smallest absolute Gasteiger partial charge is 0.247 e. The molecule has 0 spiro atoms. The molecule has 2 amide bonds. The van der Waals surface area contributed by atoms with Gasteiger partial charge in [-0.25, -0.2) is 0 Å². The highest BCUT2D eigenvalue weighted by atomic mass is 16.5. The Labute approximate surface area is 183 Å². The van der Waals surface area contributed by atoms with E-state index in [9.17, 15) is 9.59 Å². The van der Waals surface area contributed by atoms with E-state index in [1.807, 2.05) is 38.1 Å². The number of rotatable bonds is 8. The first-order valence-electron chi connectivity index (χ1n) is 10.7. The Morgan fingerprint density at radius 3 is 2.81 bits per heavy atom. The zero-order valence-electron chi connectivity index (χ0n) is 19.0. The second-order valence-electron chi connectivity index (χ2n) is 8.57. The van der Waals surface area contributed by atoms with Gasteiger partial charge in [0.2, 0.25) is 11.8 Å². The van der Waals surface area contributed by atoms with Crippen molar-refractivity contribution in [3.63, 3.8) is 0 Å².